The minimum Gasteiger partial charge on any atom is -0.292 e. The van der Waals surface area contributed by atoms with E-state index in [1.807, 2.05) is 0 Å². The van der Waals surface area contributed by atoms with E-state index in [1.165, 1.54) is 9.21 Å². The Morgan fingerprint density at radius 1 is 1.13 bits per heavy atom. The van der Waals surface area contributed by atoms with Crippen molar-refractivity contribution < 1.29 is 21.6 Å². The second kappa shape index (κ2) is 4.26. The van der Waals surface area contributed by atoms with Gasteiger partial charge in [0.1, 0.15) is 0 Å². The van der Waals surface area contributed by atoms with Gasteiger partial charge in [-0.3, -0.25) is 4.90 Å². The van der Waals surface area contributed by atoms with Crippen LogP contribution in [-0.4, -0.2) is 62.8 Å². The Bertz CT molecular complexity index is 307. The van der Waals surface area contributed by atoms with E-state index in [1.54, 1.807) is 0 Å². The van der Waals surface area contributed by atoms with Crippen LogP contribution in [0.5, 0.6) is 0 Å². The van der Waals surface area contributed by atoms with Crippen LogP contribution in [0.25, 0.3) is 0 Å². The summed E-state index contributed by atoms with van der Waals surface area (Å²) >= 11 is 0. The van der Waals surface area contributed by atoms with Crippen LogP contribution in [0, 0.1) is 0 Å². The molecule has 90 valence electrons. The van der Waals surface area contributed by atoms with Crippen LogP contribution in [0.4, 0.5) is 13.2 Å². The first kappa shape index (κ1) is 12.7. The first-order valence-electron chi connectivity index (χ1n) is 4.43. The Hall–Kier alpha value is -0.340. The number of rotatable bonds is 2. The summed E-state index contributed by atoms with van der Waals surface area (Å²) in [5.41, 5.74) is 0. The maximum atomic E-state index is 12.0. The van der Waals surface area contributed by atoms with Gasteiger partial charge in [0.05, 0.1) is 12.8 Å². The average molecular weight is 246 g/mol. The summed E-state index contributed by atoms with van der Waals surface area (Å²) in [5.74, 6) is 0. The molecular weight excluding hydrogens is 233 g/mol. The Labute approximate surface area is 86.7 Å². The molecule has 0 saturated carbocycles. The zero-order chi connectivity index (χ0) is 11.7. The van der Waals surface area contributed by atoms with Crippen molar-refractivity contribution in [2.75, 3.05) is 39.0 Å². The largest absolute Gasteiger partial charge is 0.401 e. The molecule has 0 aromatic heterocycles. The number of nitrogens with zero attached hydrogens (tertiary/aromatic N) is 2. The van der Waals surface area contributed by atoms with E-state index in [9.17, 15) is 21.6 Å². The molecule has 0 aliphatic carbocycles. The van der Waals surface area contributed by atoms with Crippen LogP contribution < -0.4 is 0 Å². The van der Waals surface area contributed by atoms with Crippen molar-refractivity contribution in [3.8, 4) is 0 Å². The summed E-state index contributed by atoms with van der Waals surface area (Å²) in [4.78, 5) is 1.21. The van der Waals surface area contributed by atoms with Crippen LogP contribution in [0.2, 0.25) is 0 Å². The molecule has 1 aliphatic heterocycles. The van der Waals surface area contributed by atoms with Crippen molar-refractivity contribution in [1.29, 1.82) is 0 Å². The van der Waals surface area contributed by atoms with E-state index in [4.69, 9.17) is 0 Å². The third-order valence-corrected chi connectivity index (χ3v) is 3.51. The smallest absolute Gasteiger partial charge is 0.292 e. The molecule has 15 heavy (non-hydrogen) atoms. The highest BCUT2D eigenvalue weighted by atomic mass is 32.2. The monoisotopic (exact) mass is 246 g/mol. The fourth-order valence-electron chi connectivity index (χ4n) is 1.47. The molecule has 0 atom stereocenters. The Morgan fingerprint density at radius 2 is 1.60 bits per heavy atom. The van der Waals surface area contributed by atoms with Crippen molar-refractivity contribution in [2.24, 2.45) is 0 Å². The quantitative estimate of drug-likeness (QED) is 0.695. The first-order valence-corrected chi connectivity index (χ1v) is 6.27. The zero-order valence-electron chi connectivity index (χ0n) is 8.29. The fraction of sp³-hybridized carbons (Fsp3) is 1.00. The number of piperazine rings is 1. The van der Waals surface area contributed by atoms with Gasteiger partial charge in [-0.25, -0.2) is 8.42 Å². The minimum absolute atomic E-state index is 0.132. The molecule has 0 aromatic carbocycles. The highest BCUT2D eigenvalue weighted by Crippen LogP contribution is 2.17. The van der Waals surface area contributed by atoms with Crippen LogP contribution in [-0.2, 0) is 10.0 Å². The van der Waals surface area contributed by atoms with E-state index in [2.05, 4.69) is 0 Å². The molecular formula is C7H13F3N2O2S. The lowest BCUT2D eigenvalue weighted by Gasteiger charge is -2.33. The van der Waals surface area contributed by atoms with E-state index in [-0.39, 0.29) is 26.2 Å². The molecule has 1 fully saturated rings. The molecule has 1 aliphatic rings. The van der Waals surface area contributed by atoms with Crippen LogP contribution >= 0.6 is 0 Å². The molecule has 1 saturated heterocycles. The second-order valence-electron chi connectivity index (χ2n) is 3.55. The van der Waals surface area contributed by atoms with Gasteiger partial charge >= 0.3 is 6.18 Å². The highest BCUT2D eigenvalue weighted by Gasteiger charge is 2.33. The van der Waals surface area contributed by atoms with Crippen molar-refractivity contribution in [1.82, 2.24) is 9.21 Å². The summed E-state index contributed by atoms with van der Waals surface area (Å²) in [5, 5.41) is 0. The number of hydrogen-bond donors (Lipinski definition) is 0. The molecule has 0 spiro atoms. The Morgan fingerprint density at radius 3 is 1.93 bits per heavy atom. The van der Waals surface area contributed by atoms with Gasteiger partial charge in [-0.1, -0.05) is 0 Å². The first-order chi connectivity index (χ1) is 6.68. The molecule has 0 amide bonds. The van der Waals surface area contributed by atoms with Gasteiger partial charge in [0.2, 0.25) is 10.0 Å². The summed E-state index contributed by atoms with van der Waals surface area (Å²) in [6, 6.07) is 0. The van der Waals surface area contributed by atoms with Crippen LogP contribution in [0.1, 0.15) is 0 Å². The van der Waals surface area contributed by atoms with Gasteiger partial charge in [-0.15, -0.1) is 0 Å². The van der Waals surface area contributed by atoms with E-state index < -0.39 is 22.7 Å². The molecule has 0 unspecified atom stereocenters. The molecule has 0 bridgehead atoms. The third-order valence-electron chi connectivity index (χ3n) is 2.20. The number of sulfonamides is 1. The number of alkyl halides is 3. The van der Waals surface area contributed by atoms with Crippen LogP contribution in [0.3, 0.4) is 0 Å². The lowest BCUT2D eigenvalue weighted by Crippen LogP contribution is -2.50. The molecule has 0 radical (unpaired) electrons. The van der Waals surface area contributed by atoms with E-state index in [0.717, 1.165) is 6.26 Å². The van der Waals surface area contributed by atoms with E-state index >= 15 is 0 Å². The Balaban J connectivity index is 2.43. The van der Waals surface area contributed by atoms with E-state index in [0.29, 0.717) is 0 Å². The molecule has 1 heterocycles. The van der Waals surface area contributed by atoms with Gasteiger partial charge in [-0.2, -0.15) is 17.5 Å². The summed E-state index contributed by atoms with van der Waals surface area (Å²) in [7, 11) is -3.27. The molecule has 1 rings (SSSR count). The summed E-state index contributed by atoms with van der Waals surface area (Å²) in [6.45, 7) is -0.437. The van der Waals surface area contributed by atoms with Crippen molar-refractivity contribution >= 4 is 10.0 Å². The molecule has 4 nitrogen and oxygen atoms in total. The normalized spacial score (nSPS) is 21.9. The topological polar surface area (TPSA) is 40.6 Å². The molecule has 8 heteroatoms. The third kappa shape index (κ3) is 4.35. The van der Waals surface area contributed by atoms with Gasteiger partial charge in [-0.05, 0) is 0 Å². The fourth-order valence-corrected chi connectivity index (χ4v) is 2.30. The van der Waals surface area contributed by atoms with Gasteiger partial charge < -0.3 is 0 Å². The predicted molar refractivity (Wildman–Crippen MR) is 48.9 cm³/mol. The van der Waals surface area contributed by atoms with Crippen molar-refractivity contribution in [3.05, 3.63) is 0 Å². The van der Waals surface area contributed by atoms with Crippen molar-refractivity contribution in [2.45, 2.75) is 6.18 Å². The Kier molecular flexibility index (Phi) is 3.62. The standard InChI is InChI=1S/C7H13F3N2O2S/c1-15(13,14)12-4-2-11(3-5-12)6-7(8,9)10/h2-6H2,1H3. The molecule has 0 aromatic rings. The average Bonchev–Trinajstić information content (AvgIpc) is 2.00. The number of halogens is 3. The zero-order valence-corrected chi connectivity index (χ0v) is 9.11. The van der Waals surface area contributed by atoms with Gasteiger partial charge in [0.15, 0.2) is 0 Å². The summed E-state index contributed by atoms with van der Waals surface area (Å²) in [6.07, 6.45) is -3.15. The maximum absolute atomic E-state index is 12.0. The lowest BCUT2D eigenvalue weighted by molar-refractivity contribution is -0.148. The van der Waals surface area contributed by atoms with Gasteiger partial charge in [0, 0.05) is 26.2 Å². The maximum Gasteiger partial charge on any atom is 0.401 e. The van der Waals surface area contributed by atoms with Gasteiger partial charge in [0.25, 0.3) is 0 Å². The van der Waals surface area contributed by atoms with Crippen LogP contribution in [0.15, 0.2) is 0 Å². The lowest BCUT2D eigenvalue weighted by atomic mass is 10.3. The molecule has 0 N–H and O–H groups in total. The van der Waals surface area contributed by atoms with Crippen molar-refractivity contribution in [3.63, 3.8) is 0 Å². The SMILES string of the molecule is CS(=O)(=O)N1CCN(CC(F)(F)F)CC1. The minimum atomic E-state index is -4.22. The predicted octanol–water partition coefficient (Wildman–Crippen LogP) is 0.126. The highest BCUT2D eigenvalue weighted by molar-refractivity contribution is 7.88. The second-order valence-corrected chi connectivity index (χ2v) is 5.54. The number of hydrogen-bond acceptors (Lipinski definition) is 3. The summed E-state index contributed by atoms with van der Waals surface area (Å²) < 4.78 is 59.3.